The number of pyridine rings is 1. The van der Waals surface area contributed by atoms with E-state index < -0.39 is 0 Å². The zero-order valence-electron chi connectivity index (χ0n) is 11.9. The number of amides is 1. The topological polar surface area (TPSA) is 62.0 Å². The van der Waals surface area contributed by atoms with E-state index in [0.717, 1.165) is 17.7 Å². The molecule has 1 amide bonds. The van der Waals surface area contributed by atoms with E-state index in [9.17, 15) is 9.59 Å². The van der Waals surface area contributed by atoms with Gasteiger partial charge in [0.2, 0.25) is 0 Å². The molecule has 0 aliphatic carbocycles. The minimum Gasteiger partial charge on any atom is -0.364 e. The molecular weight excluding hydrogens is 288 g/mol. The minimum absolute atomic E-state index is 0.119. The molecule has 1 heterocycles. The lowest BCUT2D eigenvalue weighted by atomic mass is 10.0. The van der Waals surface area contributed by atoms with Crippen molar-refractivity contribution in [2.45, 2.75) is 26.3 Å². The highest BCUT2D eigenvalue weighted by Crippen LogP contribution is 2.19. The van der Waals surface area contributed by atoms with Crippen LogP contribution >= 0.6 is 11.6 Å². The smallest absolute Gasteiger partial charge is 0.257 e. The molecule has 0 saturated heterocycles. The first kappa shape index (κ1) is 15.3. The van der Waals surface area contributed by atoms with Gasteiger partial charge in [0, 0.05) is 23.0 Å². The minimum atomic E-state index is -0.377. The second-order valence-corrected chi connectivity index (χ2v) is 5.32. The Morgan fingerprint density at radius 2 is 2.00 bits per heavy atom. The van der Waals surface area contributed by atoms with Crippen molar-refractivity contribution < 1.29 is 4.79 Å². The van der Waals surface area contributed by atoms with E-state index in [1.807, 2.05) is 19.1 Å². The summed E-state index contributed by atoms with van der Waals surface area (Å²) in [6, 6.07) is 8.56. The standard InChI is InChI=1S/C16H17ClN2O2/c1-3-14(11-4-6-12(17)7-5-11)19-16(21)13-9-18-10(2)8-15(13)20/h4-9,14H,3H2,1-2H3,(H,18,20)(H,19,21). The van der Waals surface area contributed by atoms with Crippen LogP contribution in [0.3, 0.4) is 0 Å². The highest BCUT2D eigenvalue weighted by molar-refractivity contribution is 6.30. The fourth-order valence-electron chi connectivity index (χ4n) is 2.10. The number of nitrogens with one attached hydrogen (secondary N) is 2. The Morgan fingerprint density at radius 1 is 1.33 bits per heavy atom. The normalized spacial score (nSPS) is 12.0. The fraction of sp³-hybridized carbons (Fsp3) is 0.250. The molecular formula is C16H17ClN2O2. The first-order valence-corrected chi connectivity index (χ1v) is 7.14. The molecule has 0 aliphatic heterocycles. The molecule has 0 aliphatic rings. The summed E-state index contributed by atoms with van der Waals surface area (Å²) in [7, 11) is 0. The maximum absolute atomic E-state index is 12.2. The molecule has 0 radical (unpaired) electrons. The zero-order chi connectivity index (χ0) is 15.4. The Hall–Kier alpha value is -2.07. The molecule has 2 N–H and O–H groups in total. The molecule has 21 heavy (non-hydrogen) atoms. The molecule has 1 aromatic carbocycles. The fourth-order valence-corrected chi connectivity index (χ4v) is 2.23. The van der Waals surface area contributed by atoms with Gasteiger partial charge in [0.15, 0.2) is 5.43 Å². The van der Waals surface area contributed by atoms with E-state index in [2.05, 4.69) is 10.3 Å². The predicted molar refractivity (Wildman–Crippen MR) is 83.7 cm³/mol. The van der Waals surface area contributed by atoms with Crippen LogP contribution in [-0.2, 0) is 0 Å². The van der Waals surface area contributed by atoms with Gasteiger partial charge in [0.05, 0.1) is 6.04 Å². The van der Waals surface area contributed by atoms with Gasteiger partial charge in [-0.25, -0.2) is 0 Å². The third kappa shape index (κ3) is 3.73. The number of rotatable bonds is 4. The maximum atomic E-state index is 12.2. The van der Waals surface area contributed by atoms with E-state index in [0.29, 0.717) is 5.02 Å². The van der Waals surface area contributed by atoms with Gasteiger partial charge in [-0.15, -0.1) is 0 Å². The monoisotopic (exact) mass is 304 g/mol. The van der Waals surface area contributed by atoms with Crippen molar-refractivity contribution in [2.75, 3.05) is 0 Å². The highest BCUT2D eigenvalue weighted by Gasteiger charge is 2.16. The molecule has 2 rings (SSSR count). The molecule has 1 atom stereocenters. The second kappa shape index (κ2) is 6.59. The van der Waals surface area contributed by atoms with Gasteiger partial charge in [0.25, 0.3) is 5.91 Å². The van der Waals surface area contributed by atoms with Crippen molar-refractivity contribution >= 4 is 17.5 Å². The Morgan fingerprint density at radius 3 is 2.57 bits per heavy atom. The van der Waals surface area contributed by atoms with Crippen LogP contribution in [0.4, 0.5) is 0 Å². The molecule has 0 spiro atoms. The average molecular weight is 305 g/mol. The average Bonchev–Trinajstić information content (AvgIpc) is 2.45. The number of aryl methyl sites for hydroxylation is 1. The van der Waals surface area contributed by atoms with Crippen LogP contribution in [0.15, 0.2) is 41.3 Å². The summed E-state index contributed by atoms with van der Waals surface area (Å²) < 4.78 is 0. The van der Waals surface area contributed by atoms with Gasteiger partial charge in [-0.2, -0.15) is 0 Å². The highest BCUT2D eigenvalue weighted by atomic mass is 35.5. The van der Waals surface area contributed by atoms with Crippen molar-refractivity contribution in [3.8, 4) is 0 Å². The quantitative estimate of drug-likeness (QED) is 0.911. The van der Waals surface area contributed by atoms with Crippen molar-refractivity contribution in [1.29, 1.82) is 0 Å². The van der Waals surface area contributed by atoms with Gasteiger partial charge in [-0.1, -0.05) is 30.7 Å². The van der Waals surface area contributed by atoms with Crippen molar-refractivity contribution in [3.63, 3.8) is 0 Å². The number of hydrogen-bond donors (Lipinski definition) is 2. The van der Waals surface area contributed by atoms with Crippen molar-refractivity contribution in [3.05, 3.63) is 68.6 Å². The molecule has 5 heteroatoms. The third-order valence-electron chi connectivity index (χ3n) is 3.29. The van der Waals surface area contributed by atoms with Gasteiger partial charge in [-0.3, -0.25) is 9.59 Å². The van der Waals surface area contributed by atoms with Crippen LogP contribution < -0.4 is 10.7 Å². The number of carbonyl (C=O) groups is 1. The number of carbonyl (C=O) groups excluding carboxylic acids is 1. The SMILES string of the molecule is CCC(NC(=O)c1c[nH]c(C)cc1=O)c1ccc(Cl)cc1. The van der Waals surface area contributed by atoms with E-state index in [4.69, 9.17) is 11.6 Å². The molecule has 0 bridgehead atoms. The number of halogens is 1. The van der Waals surface area contributed by atoms with Crippen molar-refractivity contribution in [1.82, 2.24) is 10.3 Å². The lowest BCUT2D eigenvalue weighted by Gasteiger charge is -2.17. The van der Waals surface area contributed by atoms with Crippen LogP contribution in [0.1, 0.15) is 41.0 Å². The van der Waals surface area contributed by atoms with E-state index in [1.165, 1.54) is 12.3 Å². The van der Waals surface area contributed by atoms with E-state index in [-0.39, 0.29) is 22.9 Å². The van der Waals surface area contributed by atoms with E-state index in [1.54, 1.807) is 19.1 Å². The summed E-state index contributed by atoms with van der Waals surface area (Å²) in [5, 5.41) is 3.53. The van der Waals surface area contributed by atoms with Crippen LogP contribution in [-0.4, -0.2) is 10.9 Å². The van der Waals surface area contributed by atoms with E-state index >= 15 is 0 Å². The number of aromatic amines is 1. The largest absolute Gasteiger partial charge is 0.364 e. The van der Waals surface area contributed by atoms with Gasteiger partial charge < -0.3 is 10.3 Å². The number of aromatic nitrogens is 1. The van der Waals surface area contributed by atoms with Crippen molar-refractivity contribution in [2.24, 2.45) is 0 Å². The molecule has 2 aromatic rings. The summed E-state index contributed by atoms with van der Waals surface area (Å²) in [5.74, 6) is -0.377. The van der Waals surface area contributed by atoms with Crippen LogP contribution in [0.5, 0.6) is 0 Å². The predicted octanol–water partition coefficient (Wildman–Crippen LogP) is 3.22. The Balaban J connectivity index is 2.20. The van der Waals surface area contributed by atoms with Gasteiger partial charge in [0.1, 0.15) is 5.56 Å². The number of benzene rings is 1. The summed E-state index contributed by atoms with van der Waals surface area (Å²) in [6.45, 7) is 3.74. The second-order valence-electron chi connectivity index (χ2n) is 4.88. The summed E-state index contributed by atoms with van der Waals surface area (Å²) in [4.78, 5) is 26.9. The first-order valence-electron chi connectivity index (χ1n) is 6.77. The molecule has 110 valence electrons. The maximum Gasteiger partial charge on any atom is 0.257 e. The zero-order valence-corrected chi connectivity index (χ0v) is 12.7. The molecule has 0 saturated carbocycles. The molecule has 1 unspecified atom stereocenters. The van der Waals surface area contributed by atoms with Gasteiger partial charge >= 0.3 is 0 Å². The molecule has 4 nitrogen and oxygen atoms in total. The van der Waals surface area contributed by atoms with Gasteiger partial charge in [-0.05, 0) is 31.0 Å². The van der Waals surface area contributed by atoms with Crippen LogP contribution in [0, 0.1) is 6.92 Å². The molecule has 1 aromatic heterocycles. The molecule has 0 fully saturated rings. The third-order valence-corrected chi connectivity index (χ3v) is 3.54. The summed E-state index contributed by atoms with van der Waals surface area (Å²) >= 11 is 5.86. The lowest BCUT2D eigenvalue weighted by Crippen LogP contribution is -2.32. The lowest BCUT2D eigenvalue weighted by molar-refractivity contribution is 0.0934. The Kier molecular flexibility index (Phi) is 4.81. The van der Waals surface area contributed by atoms with Crippen LogP contribution in [0.2, 0.25) is 5.02 Å². The number of H-pyrrole nitrogens is 1. The van der Waals surface area contributed by atoms with Crippen LogP contribution in [0.25, 0.3) is 0 Å². The Bertz CT molecular complexity index is 692. The number of hydrogen-bond acceptors (Lipinski definition) is 2. The Labute approximate surface area is 128 Å². The first-order chi connectivity index (χ1) is 10.0. The summed E-state index contributed by atoms with van der Waals surface area (Å²) in [6.07, 6.45) is 2.17. The summed E-state index contributed by atoms with van der Waals surface area (Å²) in [5.41, 5.74) is 1.52.